The third kappa shape index (κ3) is 2.52. The second-order valence-electron chi connectivity index (χ2n) is 5.07. The fourth-order valence-electron chi connectivity index (χ4n) is 1.73. The van der Waals surface area contributed by atoms with Crippen LogP contribution in [0.4, 0.5) is 0 Å². The van der Waals surface area contributed by atoms with Crippen molar-refractivity contribution in [2.75, 3.05) is 26.7 Å². The molecule has 1 atom stereocenters. The highest BCUT2D eigenvalue weighted by atomic mass is 32.1. The van der Waals surface area contributed by atoms with Crippen molar-refractivity contribution in [3.05, 3.63) is 0 Å². The summed E-state index contributed by atoms with van der Waals surface area (Å²) in [5, 5.41) is 0. The zero-order valence-electron chi connectivity index (χ0n) is 10.5. The number of rotatable bonds is 2. The number of carbonyl (C=O) groups excluding carboxylic acids is 1. The van der Waals surface area contributed by atoms with Gasteiger partial charge in [0.1, 0.15) is 0 Å². The van der Waals surface area contributed by atoms with E-state index in [0.29, 0.717) is 6.04 Å². The quantitative estimate of drug-likeness (QED) is 0.716. The zero-order chi connectivity index (χ0) is 12.5. The molecule has 1 aliphatic rings. The van der Waals surface area contributed by atoms with Gasteiger partial charge in [0.2, 0.25) is 5.91 Å². The molecule has 1 fully saturated rings. The van der Waals surface area contributed by atoms with Crippen LogP contribution in [0.1, 0.15) is 20.8 Å². The molecular weight excluding hydrogens is 222 g/mol. The molecule has 0 bridgehead atoms. The van der Waals surface area contributed by atoms with Crippen LogP contribution in [0, 0.1) is 5.41 Å². The highest BCUT2D eigenvalue weighted by Crippen LogP contribution is 2.21. The van der Waals surface area contributed by atoms with E-state index in [1.54, 1.807) is 13.8 Å². The Morgan fingerprint density at radius 1 is 1.44 bits per heavy atom. The highest BCUT2D eigenvalue weighted by Gasteiger charge is 2.36. The van der Waals surface area contributed by atoms with Crippen LogP contribution in [0.25, 0.3) is 0 Å². The van der Waals surface area contributed by atoms with Crippen molar-refractivity contribution in [2.45, 2.75) is 26.8 Å². The summed E-state index contributed by atoms with van der Waals surface area (Å²) in [6.07, 6.45) is 0. The van der Waals surface area contributed by atoms with Crippen molar-refractivity contribution in [1.29, 1.82) is 0 Å². The Morgan fingerprint density at radius 3 is 2.44 bits per heavy atom. The van der Waals surface area contributed by atoms with Crippen LogP contribution in [0.15, 0.2) is 0 Å². The van der Waals surface area contributed by atoms with Crippen LogP contribution in [-0.2, 0) is 4.79 Å². The van der Waals surface area contributed by atoms with Crippen LogP contribution in [0.2, 0.25) is 0 Å². The predicted octanol–water partition coefficient (Wildman–Crippen LogP) is 0.461. The van der Waals surface area contributed by atoms with Gasteiger partial charge in [-0.05, 0) is 27.8 Å². The lowest BCUT2D eigenvalue weighted by molar-refractivity contribution is -0.139. The Kier molecular flexibility index (Phi) is 3.91. The Hall–Kier alpha value is -0.680. The summed E-state index contributed by atoms with van der Waals surface area (Å²) in [5.74, 6) is 0.0416. The maximum Gasteiger partial charge on any atom is 0.235 e. The van der Waals surface area contributed by atoms with Gasteiger partial charge in [0.15, 0.2) is 0 Å². The summed E-state index contributed by atoms with van der Waals surface area (Å²) in [6.45, 7) is 8.11. The van der Waals surface area contributed by atoms with E-state index in [1.165, 1.54) is 0 Å². The third-order valence-corrected chi connectivity index (χ3v) is 3.91. The third-order valence-electron chi connectivity index (χ3n) is 3.40. The number of nitrogens with zero attached hydrogens (tertiary/aromatic N) is 2. The maximum atomic E-state index is 12.3. The summed E-state index contributed by atoms with van der Waals surface area (Å²) in [6, 6.07) is 0.389. The number of carbonyl (C=O) groups is 1. The first-order valence-corrected chi connectivity index (χ1v) is 5.97. The van der Waals surface area contributed by atoms with Crippen molar-refractivity contribution < 1.29 is 4.79 Å². The van der Waals surface area contributed by atoms with Gasteiger partial charge in [-0.25, -0.2) is 0 Å². The lowest BCUT2D eigenvalue weighted by Gasteiger charge is -2.40. The van der Waals surface area contributed by atoms with Gasteiger partial charge in [0, 0.05) is 25.7 Å². The molecule has 0 radical (unpaired) electrons. The molecule has 1 saturated heterocycles. The van der Waals surface area contributed by atoms with Gasteiger partial charge in [0.05, 0.1) is 10.4 Å². The highest BCUT2D eigenvalue weighted by molar-refractivity contribution is 7.80. The number of amides is 1. The first kappa shape index (κ1) is 13.4. The minimum atomic E-state index is -0.731. The van der Waals surface area contributed by atoms with Crippen molar-refractivity contribution in [1.82, 2.24) is 9.80 Å². The molecular formula is C11H21N3OS. The number of nitrogens with two attached hydrogens (primary N) is 1. The molecule has 1 heterocycles. The summed E-state index contributed by atoms with van der Waals surface area (Å²) < 4.78 is 0. The van der Waals surface area contributed by atoms with E-state index in [9.17, 15) is 4.79 Å². The molecule has 1 rings (SSSR count). The van der Waals surface area contributed by atoms with E-state index in [4.69, 9.17) is 18.0 Å². The van der Waals surface area contributed by atoms with Crippen molar-refractivity contribution in [3.8, 4) is 0 Å². The van der Waals surface area contributed by atoms with E-state index in [2.05, 4.69) is 18.9 Å². The Balaban J connectivity index is 2.73. The second-order valence-corrected chi connectivity index (χ2v) is 5.51. The molecule has 4 nitrogen and oxygen atoms in total. The predicted molar refractivity (Wildman–Crippen MR) is 69.2 cm³/mol. The van der Waals surface area contributed by atoms with E-state index in [0.717, 1.165) is 19.6 Å². The van der Waals surface area contributed by atoms with Gasteiger partial charge in [-0.1, -0.05) is 12.2 Å². The fourth-order valence-corrected chi connectivity index (χ4v) is 1.82. The number of hydrogen-bond acceptors (Lipinski definition) is 3. The summed E-state index contributed by atoms with van der Waals surface area (Å²) in [5.41, 5.74) is 4.88. The van der Waals surface area contributed by atoms with E-state index < -0.39 is 5.41 Å². The largest absolute Gasteiger partial charge is 0.392 e. The van der Waals surface area contributed by atoms with Crippen molar-refractivity contribution in [2.24, 2.45) is 11.1 Å². The molecule has 2 N–H and O–H groups in total. The zero-order valence-corrected chi connectivity index (χ0v) is 11.3. The van der Waals surface area contributed by atoms with Gasteiger partial charge in [-0.15, -0.1) is 0 Å². The SMILES string of the molecule is CC1CN(C(=O)C(C)(C)C(N)=S)CCN1C. The molecule has 0 saturated carbocycles. The number of piperazine rings is 1. The van der Waals surface area contributed by atoms with E-state index in [-0.39, 0.29) is 10.9 Å². The van der Waals surface area contributed by atoms with E-state index in [1.807, 2.05) is 4.90 Å². The molecule has 1 amide bonds. The van der Waals surface area contributed by atoms with Gasteiger partial charge in [0.25, 0.3) is 0 Å². The maximum absolute atomic E-state index is 12.3. The molecule has 0 spiro atoms. The molecule has 0 aromatic heterocycles. The molecule has 0 aromatic rings. The first-order chi connectivity index (χ1) is 7.26. The lowest BCUT2D eigenvalue weighted by Crippen LogP contribution is -2.56. The molecule has 16 heavy (non-hydrogen) atoms. The Bertz CT molecular complexity index is 304. The van der Waals surface area contributed by atoms with Gasteiger partial charge < -0.3 is 15.5 Å². The second kappa shape index (κ2) is 4.67. The van der Waals surface area contributed by atoms with Crippen molar-refractivity contribution in [3.63, 3.8) is 0 Å². The van der Waals surface area contributed by atoms with Crippen LogP contribution in [-0.4, -0.2) is 53.4 Å². The Labute approximate surface area is 103 Å². The van der Waals surface area contributed by atoms with Gasteiger partial charge >= 0.3 is 0 Å². The number of thiocarbonyl (C=S) groups is 1. The standard InChI is InChI=1S/C11H21N3OS/c1-8-7-14(6-5-13(8)4)10(15)11(2,3)9(12)16/h8H,5-7H2,1-4H3,(H2,12,16). The smallest absolute Gasteiger partial charge is 0.235 e. The van der Waals surface area contributed by atoms with Crippen LogP contribution < -0.4 is 5.73 Å². The first-order valence-electron chi connectivity index (χ1n) is 5.56. The topological polar surface area (TPSA) is 49.6 Å². The van der Waals surface area contributed by atoms with Crippen LogP contribution >= 0.6 is 12.2 Å². The molecule has 92 valence electrons. The monoisotopic (exact) mass is 243 g/mol. The average molecular weight is 243 g/mol. The molecule has 1 aliphatic heterocycles. The molecule has 1 unspecified atom stereocenters. The summed E-state index contributed by atoms with van der Waals surface area (Å²) in [4.78, 5) is 16.6. The van der Waals surface area contributed by atoms with Crippen LogP contribution in [0.5, 0.6) is 0 Å². The molecule has 0 aliphatic carbocycles. The van der Waals surface area contributed by atoms with E-state index >= 15 is 0 Å². The summed E-state index contributed by atoms with van der Waals surface area (Å²) >= 11 is 4.95. The lowest BCUT2D eigenvalue weighted by atomic mass is 9.91. The minimum Gasteiger partial charge on any atom is -0.392 e. The van der Waals surface area contributed by atoms with Crippen LogP contribution in [0.3, 0.4) is 0 Å². The normalized spacial score (nSPS) is 23.2. The van der Waals surface area contributed by atoms with Gasteiger partial charge in [-0.2, -0.15) is 0 Å². The summed E-state index contributed by atoms with van der Waals surface area (Å²) in [7, 11) is 2.07. The van der Waals surface area contributed by atoms with Crippen molar-refractivity contribution >= 4 is 23.1 Å². The minimum absolute atomic E-state index is 0.0416. The van der Waals surface area contributed by atoms with Gasteiger partial charge in [-0.3, -0.25) is 4.79 Å². The average Bonchev–Trinajstić information content (AvgIpc) is 2.20. The number of likely N-dealkylation sites (N-methyl/N-ethyl adjacent to an activating group) is 1. The number of hydrogen-bond donors (Lipinski definition) is 1. The fraction of sp³-hybridized carbons (Fsp3) is 0.818. The molecule has 5 heteroatoms. The molecule has 0 aromatic carbocycles. The Morgan fingerprint density at radius 2 is 2.00 bits per heavy atom.